The number of hydrogen-bond acceptors (Lipinski definition) is 2. The number of halogens is 1. The summed E-state index contributed by atoms with van der Waals surface area (Å²) >= 11 is 3.39. The van der Waals surface area contributed by atoms with Gasteiger partial charge in [0, 0.05) is 4.47 Å². The summed E-state index contributed by atoms with van der Waals surface area (Å²) in [6.45, 7) is 11.9. The summed E-state index contributed by atoms with van der Waals surface area (Å²) in [6.07, 6.45) is 0. The van der Waals surface area contributed by atoms with Gasteiger partial charge < -0.3 is 0 Å². The fourth-order valence-electron chi connectivity index (χ4n) is 1.14. The molecule has 2 aromatic rings. The molecule has 4 heteroatoms. The molecule has 0 aliphatic heterocycles. The second-order valence-corrected chi connectivity index (χ2v) is 4.05. The normalized spacial score (nSPS) is 8.83. The molecule has 0 aliphatic carbocycles. The van der Waals surface area contributed by atoms with Gasteiger partial charge in [0.2, 0.25) is 0 Å². The number of nitrogens with zero attached hydrogens (tertiary/aromatic N) is 3. The number of benzene rings is 1. The fraction of sp³-hybridized carbons (Fsp3) is 0.429. The van der Waals surface area contributed by atoms with Crippen molar-refractivity contribution < 1.29 is 0 Å². The van der Waals surface area contributed by atoms with E-state index in [1.807, 2.05) is 65.8 Å². The van der Waals surface area contributed by atoms with Crippen molar-refractivity contribution in [2.24, 2.45) is 0 Å². The van der Waals surface area contributed by atoms with Gasteiger partial charge in [-0.2, -0.15) is 15.0 Å². The van der Waals surface area contributed by atoms with Crippen molar-refractivity contribution in [1.29, 1.82) is 0 Å². The fourth-order valence-corrected chi connectivity index (χ4v) is 1.41. The van der Waals surface area contributed by atoms with Crippen LogP contribution in [0.3, 0.4) is 0 Å². The SMILES string of the molecule is CC.CC.Cc1nn(-c2ccc(Br)cc2)nc1C. The molecule has 0 saturated carbocycles. The van der Waals surface area contributed by atoms with Crippen molar-refractivity contribution >= 4 is 15.9 Å². The van der Waals surface area contributed by atoms with Crippen LogP contribution in [0.5, 0.6) is 0 Å². The minimum Gasteiger partial charge on any atom is -0.153 e. The Labute approximate surface area is 118 Å². The zero-order chi connectivity index (χ0) is 14.1. The third-order valence-corrected chi connectivity index (χ3v) is 2.60. The minimum atomic E-state index is 0.966. The van der Waals surface area contributed by atoms with Crippen LogP contribution in [0.2, 0.25) is 0 Å². The lowest BCUT2D eigenvalue weighted by Gasteiger charge is -1.98. The standard InChI is InChI=1S/C10H10BrN3.2C2H6/c1-7-8(2)13-14(12-7)10-5-3-9(11)4-6-10;2*1-2/h3-6H,1-2H3;2*1-2H3. The Morgan fingerprint density at radius 2 is 1.22 bits per heavy atom. The van der Waals surface area contributed by atoms with Gasteiger partial charge in [-0.05, 0) is 38.1 Å². The van der Waals surface area contributed by atoms with Gasteiger partial charge in [-0.15, -0.1) is 0 Å². The van der Waals surface area contributed by atoms with Crippen LogP contribution in [0, 0.1) is 13.8 Å². The molecule has 1 aromatic carbocycles. The summed E-state index contributed by atoms with van der Waals surface area (Å²) in [6, 6.07) is 7.90. The lowest BCUT2D eigenvalue weighted by Crippen LogP contribution is -1.98. The molecule has 1 aromatic heterocycles. The molecule has 0 bridgehead atoms. The first kappa shape index (κ1) is 16.8. The maximum absolute atomic E-state index is 4.30. The molecule has 0 fully saturated rings. The van der Waals surface area contributed by atoms with E-state index in [0.29, 0.717) is 0 Å². The molecule has 0 radical (unpaired) electrons. The van der Waals surface area contributed by atoms with E-state index in [2.05, 4.69) is 26.1 Å². The van der Waals surface area contributed by atoms with E-state index in [-0.39, 0.29) is 0 Å². The Morgan fingerprint density at radius 3 is 1.61 bits per heavy atom. The molecule has 0 unspecified atom stereocenters. The summed E-state index contributed by atoms with van der Waals surface area (Å²) in [5, 5.41) is 8.60. The van der Waals surface area contributed by atoms with Gasteiger partial charge in [0.25, 0.3) is 0 Å². The van der Waals surface area contributed by atoms with Gasteiger partial charge >= 0.3 is 0 Å². The van der Waals surface area contributed by atoms with Gasteiger partial charge in [0.1, 0.15) is 0 Å². The molecule has 2 rings (SSSR count). The highest BCUT2D eigenvalue weighted by Crippen LogP contribution is 2.13. The highest BCUT2D eigenvalue weighted by Gasteiger charge is 2.03. The van der Waals surface area contributed by atoms with Crippen LogP contribution in [-0.2, 0) is 0 Å². The van der Waals surface area contributed by atoms with E-state index in [9.17, 15) is 0 Å². The second-order valence-electron chi connectivity index (χ2n) is 3.14. The Morgan fingerprint density at radius 1 is 0.833 bits per heavy atom. The maximum atomic E-state index is 4.30. The molecular weight excluding hydrogens is 290 g/mol. The van der Waals surface area contributed by atoms with Crippen molar-refractivity contribution in [3.8, 4) is 5.69 Å². The smallest absolute Gasteiger partial charge is 0.0857 e. The van der Waals surface area contributed by atoms with Crippen LogP contribution in [0.25, 0.3) is 5.69 Å². The Hall–Kier alpha value is -1.16. The Kier molecular flexibility index (Phi) is 8.29. The topological polar surface area (TPSA) is 30.7 Å². The summed E-state index contributed by atoms with van der Waals surface area (Å²) < 4.78 is 1.06. The van der Waals surface area contributed by atoms with Crippen molar-refractivity contribution in [2.45, 2.75) is 41.5 Å². The molecule has 0 amide bonds. The van der Waals surface area contributed by atoms with Gasteiger partial charge in [-0.25, -0.2) is 0 Å². The summed E-state index contributed by atoms with van der Waals surface area (Å²) in [5.74, 6) is 0. The zero-order valence-corrected chi connectivity index (χ0v) is 13.6. The van der Waals surface area contributed by atoms with Crippen molar-refractivity contribution in [1.82, 2.24) is 15.0 Å². The van der Waals surface area contributed by atoms with E-state index in [1.165, 1.54) is 0 Å². The van der Waals surface area contributed by atoms with Crippen molar-refractivity contribution in [3.05, 3.63) is 40.1 Å². The minimum absolute atomic E-state index is 0.966. The van der Waals surface area contributed by atoms with Gasteiger partial charge in [-0.1, -0.05) is 43.6 Å². The van der Waals surface area contributed by atoms with Crippen LogP contribution in [-0.4, -0.2) is 15.0 Å². The third kappa shape index (κ3) is 4.61. The number of hydrogen-bond donors (Lipinski definition) is 0. The first-order chi connectivity index (χ1) is 8.66. The molecule has 18 heavy (non-hydrogen) atoms. The first-order valence-electron chi connectivity index (χ1n) is 6.33. The maximum Gasteiger partial charge on any atom is 0.0857 e. The van der Waals surface area contributed by atoms with E-state index < -0.39 is 0 Å². The largest absolute Gasteiger partial charge is 0.153 e. The number of rotatable bonds is 1. The van der Waals surface area contributed by atoms with Crippen LogP contribution < -0.4 is 0 Å². The molecule has 1 heterocycles. The van der Waals surface area contributed by atoms with Crippen molar-refractivity contribution in [3.63, 3.8) is 0 Å². The lowest BCUT2D eigenvalue weighted by molar-refractivity contribution is 0.741. The molecule has 100 valence electrons. The Balaban J connectivity index is 0.000000659. The molecule has 0 N–H and O–H groups in total. The highest BCUT2D eigenvalue weighted by atomic mass is 79.9. The molecule has 0 aliphatic rings. The Bertz CT molecular complexity index is 427. The van der Waals surface area contributed by atoms with Gasteiger partial charge in [0.05, 0.1) is 17.1 Å². The van der Waals surface area contributed by atoms with Crippen LogP contribution in [0.15, 0.2) is 28.7 Å². The summed E-state index contributed by atoms with van der Waals surface area (Å²) in [7, 11) is 0. The number of aryl methyl sites for hydroxylation is 2. The van der Waals surface area contributed by atoms with Gasteiger partial charge in [-0.3, -0.25) is 0 Å². The average molecular weight is 312 g/mol. The first-order valence-corrected chi connectivity index (χ1v) is 7.12. The van der Waals surface area contributed by atoms with Gasteiger partial charge in [0.15, 0.2) is 0 Å². The second kappa shape index (κ2) is 8.86. The predicted molar refractivity (Wildman–Crippen MR) is 81.2 cm³/mol. The summed E-state index contributed by atoms with van der Waals surface area (Å²) in [5.41, 5.74) is 2.91. The predicted octanol–water partition coefficient (Wildman–Crippen LogP) is 4.70. The summed E-state index contributed by atoms with van der Waals surface area (Å²) in [4.78, 5) is 1.65. The molecule has 0 spiro atoms. The van der Waals surface area contributed by atoms with Crippen LogP contribution >= 0.6 is 15.9 Å². The number of aromatic nitrogens is 3. The molecular formula is C14H22BrN3. The lowest BCUT2D eigenvalue weighted by atomic mass is 10.3. The molecule has 0 saturated heterocycles. The van der Waals surface area contributed by atoms with E-state index in [0.717, 1.165) is 21.5 Å². The molecule has 3 nitrogen and oxygen atoms in total. The average Bonchev–Trinajstić information content (AvgIpc) is 2.75. The van der Waals surface area contributed by atoms with Crippen molar-refractivity contribution in [2.75, 3.05) is 0 Å². The van der Waals surface area contributed by atoms with E-state index >= 15 is 0 Å². The third-order valence-electron chi connectivity index (χ3n) is 2.07. The van der Waals surface area contributed by atoms with Crippen LogP contribution in [0.1, 0.15) is 39.1 Å². The highest BCUT2D eigenvalue weighted by molar-refractivity contribution is 9.10. The quantitative estimate of drug-likeness (QED) is 0.764. The van der Waals surface area contributed by atoms with E-state index in [4.69, 9.17) is 0 Å². The van der Waals surface area contributed by atoms with E-state index in [1.54, 1.807) is 4.80 Å². The monoisotopic (exact) mass is 311 g/mol. The van der Waals surface area contributed by atoms with Crippen LogP contribution in [0.4, 0.5) is 0 Å². The zero-order valence-electron chi connectivity index (χ0n) is 12.0. The molecule has 0 atom stereocenters.